The van der Waals surface area contributed by atoms with Gasteiger partial charge in [0.1, 0.15) is 11.2 Å². The van der Waals surface area contributed by atoms with Crippen LogP contribution in [0.5, 0.6) is 0 Å². The number of nitrogens with zero attached hydrogens (tertiary/aromatic N) is 3. The highest BCUT2D eigenvalue weighted by Gasteiger charge is 2.20. The van der Waals surface area contributed by atoms with Crippen LogP contribution < -0.4 is 0 Å². The smallest absolute Gasteiger partial charge is 0.136 e. The third-order valence-corrected chi connectivity index (χ3v) is 9.79. The number of furan rings is 1. The van der Waals surface area contributed by atoms with Crippen molar-refractivity contribution in [3.05, 3.63) is 150 Å². The van der Waals surface area contributed by atoms with Crippen molar-refractivity contribution in [2.45, 2.75) is 12.8 Å². The third-order valence-electron chi connectivity index (χ3n) is 9.79. The summed E-state index contributed by atoms with van der Waals surface area (Å²) in [7, 11) is 0. The lowest BCUT2D eigenvalue weighted by Gasteiger charge is -2.14. The molecule has 4 heteroatoms. The summed E-state index contributed by atoms with van der Waals surface area (Å²) in [4.78, 5) is 0. The van der Waals surface area contributed by atoms with E-state index in [4.69, 9.17) is 4.42 Å². The number of hydrogen-bond donors (Lipinski definition) is 0. The minimum atomic E-state index is 0.645. The van der Waals surface area contributed by atoms with Crippen LogP contribution in [0.1, 0.15) is 23.2 Å². The number of aromatic nitrogens is 2. The monoisotopic (exact) mass is 601 g/mol. The average Bonchev–Trinajstić information content (AvgIpc) is 3.78. The van der Waals surface area contributed by atoms with Crippen molar-refractivity contribution in [3.63, 3.8) is 0 Å². The van der Waals surface area contributed by atoms with Gasteiger partial charge in [0.25, 0.3) is 0 Å². The lowest BCUT2D eigenvalue weighted by molar-refractivity contribution is 0.669. The minimum absolute atomic E-state index is 0.645. The van der Waals surface area contributed by atoms with Crippen LogP contribution in [-0.4, -0.2) is 9.13 Å². The maximum atomic E-state index is 10.1. The maximum absolute atomic E-state index is 10.1. The molecule has 0 saturated carbocycles. The second-order valence-corrected chi connectivity index (χ2v) is 12.4. The molecule has 9 aromatic rings. The molecule has 3 aromatic heterocycles. The average molecular weight is 602 g/mol. The Morgan fingerprint density at radius 3 is 2.13 bits per heavy atom. The quantitative estimate of drug-likeness (QED) is 0.202. The molecule has 10 rings (SSSR count). The molecule has 0 atom stereocenters. The topological polar surface area (TPSA) is 46.8 Å². The van der Waals surface area contributed by atoms with Crippen LogP contribution in [0.3, 0.4) is 0 Å². The van der Waals surface area contributed by atoms with Gasteiger partial charge in [-0.05, 0) is 96.3 Å². The SMILES string of the molecule is N#Cc1cc(-c2ccc(-n3c4ccccc4c4cc5oc6ccccc6c5cc43)cc2)cc(-n2c3c(c4ccccc42)CCC=C3)c1. The largest absolute Gasteiger partial charge is 0.456 e. The number of para-hydroxylation sites is 3. The minimum Gasteiger partial charge on any atom is -0.456 e. The van der Waals surface area contributed by atoms with Crippen molar-refractivity contribution < 1.29 is 4.42 Å². The van der Waals surface area contributed by atoms with Gasteiger partial charge in [0.15, 0.2) is 0 Å². The number of benzene rings is 6. The zero-order valence-corrected chi connectivity index (χ0v) is 25.4. The molecule has 0 saturated heterocycles. The number of fused-ring (bicyclic) bond motifs is 9. The lowest BCUT2D eigenvalue weighted by atomic mass is 10.0. The summed E-state index contributed by atoms with van der Waals surface area (Å²) in [5.41, 5.74) is 12.7. The Balaban J connectivity index is 1.14. The molecule has 0 N–H and O–H groups in total. The van der Waals surface area contributed by atoms with Crippen molar-refractivity contribution in [3.8, 4) is 28.6 Å². The van der Waals surface area contributed by atoms with Crippen molar-refractivity contribution in [1.29, 1.82) is 5.26 Å². The summed E-state index contributed by atoms with van der Waals surface area (Å²) in [6, 6.07) is 47.2. The van der Waals surface area contributed by atoms with Gasteiger partial charge in [-0.3, -0.25) is 0 Å². The second-order valence-electron chi connectivity index (χ2n) is 12.4. The van der Waals surface area contributed by atoms with Crippen LogP contribution in [0.15, 0.2) is 138 Å². The fourth-order valence-corrected chi connectivity index (χ4v) is 7.70. The van der Waals surface area contributed by atoms with Crippen LogP contribution in [0.25, 0.3) is 83.2 Å². The van der Waals surface area contributed by atoms with Crippen molar-refractivity contribution >= 4 is 60.7 Å². The third kappa shape index (κ3) is 3.81. The molecular formula is C43H27N3O. The summed E-state index contributed by atoms with van der Waals surface area (Å²) in [6.07, 6.45) is 6.56. The first-order valence-electron chi connectivity index (χ1n) is 16.0. The molecule has 0 bridgehead atoms. The Labute approximate surface area is 270 Å². The fourth-order valence-electron chi connectivity index (χ4n) is 7.70. The molecule has 6 aromatic carbocycles. The molecule has 47 heavy (non-hydrogen) atoms. The molecule has 1 aliphatic rings. The molecule has 4 nitrogen and oxygen atoms in total. The predicted molar refractivity (Wildman–Crippen MR) is 192 cm³/mol. The Kier molecular flexibility index (Phi) is 5.44. The number of nitriles is 1. The summed E-state index contributed by atoms with van der Waals surface area (Å²) >= 11 is 0. The molecule has 0 radical (unpaired) electrons. The molecule has 0 amide bonds. The van der Waals surface area contributed by atoms with Gasteiger partial charge >= 0.3 is 0 Å². The zero-order valence-electron chi connectivity index (χ0n) is 25.4. The Hall–Kier alpha value is -6.31. The molecule has 0 spiro atoms. The van der Waals surface area contributed by atoms with E-state index in [9.17, 15) is 5.26 Å². The number of aryl methyl sites for hydroxylation is 1. The van der Waals surface area contributed by atoms with Gasteiger partial charge < -0.3 is 13.6 Å². The fraction of sp³-hybridized carbons (Fsp3) is 0.0465. The summed E-state index contributed by atoms with van der Waals surface area (Å²) < 4.78 is 10.9. The molecule has 3 heterocycles. The highest BCUT2D eigenvalue weighted by Crippen LogP contribution is 2.39. The molecule has 0 fully saturated rings. The normalized spacial score (nSPS) is 12.8. The van der Waals surface area contributed by atoms with E-state index in [2.05, 4.69) is 130 Å². The molecule has 0 unspecified atom stereocenters. The number of hydrogen-bond acceptors (Lipinski definition) is 2. The van der Waals surface area contributed by atoms with Gasteiger partial charge in [-0.15, -0.1) is 0 Å². The standard InChI is InChI=1S/C43H27N3O/c44-26-27-21-29(23-31(22-27)46-38-13-5-1-9-32(38)33-10-2-6-14-39(33)46)28-17-19-30(20-18-28)45-40-15-7-3-11-34(40)36-25-43-37(24-41(36)45)35-12-4-8-16-42(35)47-43/h1,3-9,11-25H,2,10H2. The van der Waals surface area contributed by atoms with Crippen molar-refractivity contribution in [2.24, 2.45) is 0 Å². The van der Waals surface area contributed by atoms with Crippen LogP contribution >= 0.6 is 0 Å². The van der Waals surface area contributed by atoms with E-state index in [-0.39, 0.29) is 0 Å². The van der Waals surface area contributed by atoms with E-state index in [1.54, 1.807) is 0 Å². The van der Waals surface area contributed by atoms with Gasteiger partial charge in [-0.2, -0.15) is 5.26 Å². The first-order valence-corrected chi connectivity index (χ1v) is 16.0. The first-order chi connectivity index (χ1) is 23.2. The van der Waals surface area contributed by atoms with Crippen LogP contribution in [0.4, 0.5) is 0 Å². The van der Waals surface area contributed by atoms with Gasteiger partial charge in [0, 0.05) is 44.0 Å². The predicted octanol–water partition coefficient (Wildman–Crippen LogP) is 11.1. The maximum Gasteiger partial charge on any atom is 0.136 e. The molecule has 1 aliphatic carbocycles. The Bertz CT molecular complexity index is 2800. The summed E-state index contributed by atoms with van der Waals surface area (Å²) in [5, 5.41) is 16.0. The molecule has 220 valence electrons. The van der Waals surface area contributed by atoms with E-state index in [0.717, 1.165) is 68.3 Å². The highest BCUT2D eigenvalue weighted by molar-refractivity contribution is 6.17. The summed E-state index contributed by atoms with van der Waals surface area (Å²) in [6.45, 7) is 0. The number of allylic oxidation sites excluding steroid dienone is 1. The molecular weight excluding hydrogens is 574 g/mol. The number of rotatable bonds is 3. The summed E-state index contributed by atoms with van der Waals surface area (Å²) in [5.74, 6) is 0. The van der Waals surface area contributed by atoms with E-state index in [1.165, 1.54) is 32.9 Å². The lowest BCUT2D eigenvalue weighted by Crippen LogP contribution is -2.01. The van der Waals surface area contributed by atoms with Gasteiger partial charge in [0.2, 0.25) is 0 Å². The van der Waals surface area contributed by atoms with Gasteiger partial charge in [0.05, 0.1) is 28.2 Å². The van der Waals surface area contributed by atoms with E-state index in [1.807, 2.05) is 24.3 Å². The molecule has 0 aliphatic heterocycles. The first kappa shape index (κ1) is 26.0. The van der Waals surface area contributed by atoms with Gasteiger partial charge in [-0.1, -0.05) is 72.8 Å². The van der Waals surface area contributed by atoms with Crippen LogP contribution in [0.2, 0.25) is 0 Å². The van der Waals surface area contributed by atoms with Crippen molar-refractivity contribution in [1.82, 2.24) is 9.13 Å². The van der Waals surface area contributed by atoms with Crippen molar-refractivity contribution in [2.75, 3.05) is 0 Å². The van der Waals surface area contributed by atoms with Crippen LogP contribution in [-0.2, 0) is 6.42 Å². The Morgan fingerprint density at radius 2 is 1.30 bits per heavy atom. The van der Waals surface area contributed by atoms with Gasteiger partial charge in [-0.25, -0.2) is 0 Å². The van der Waals surface area contributed by atoms with E-state index >= 15 is 0 Å². The second kappa shape index (κ2) is 9.84. The van der Waals surface area contributed by atoms with E-state index in [0.29, 0.717) is 5.56 Å². The van der Waals surface area contributed by atoms with Crippen LogP contribution in [0, 0.1) is 11.3 Å². The Morgan fingerprint density at radius 1 is 0.553 bits per heavy atom. The highest BCUT2D eigenvalue weighted by atomic mass is 16.3. The zero-order chi connectivity index (χ0) is 31.1. The van der Waals surface area contributed by atoms with E-state index < -0.39 is 0 Å².